The average molecular weight is 905 g/mol. The van der Waals surface area contributed by atoms with Crippen molar-refractivity contribution in [1.82, 2.24) is 0 Å². The van der Waals surface area contributed by atoms with Crippen molar-refractivity contribution in [2.45, 2.75) is 258 Å². The largest absolute Gasteiger partial charge is 0.462 e. The Morgan fingerprint density at radius 1 is 0.323 bits per heavy atom. The van der Waals surface area contributed by atoms with Crippen molar-refractivity contribution in [3.05, 3.63) is 85.1 Å². The maximum atomic E-state index is 12.8. The van der Waals surface area contributed by atoms with Gasteiger partial charge in [0.15, 0.2) is 6.10 Å². The molecule has 0 radical (unpaired) electrons. The Morgan fingerprint density at radius 2 is 0.615 bits per heavy atom. The fraction of sp³-hybridized carbons (Fsp3) is 0.712. The maximum absolute atomic E-state index is 12.8. The highest BCUT2D eigenvalue weighted by Gasteiger charge is 2.19. The van der Waals surface area contributed by atoms with Gasteiger partial charge >= 0.3 is 17.9 Å². The normalized spacial score (nSPS) is 12.7. The fourth-order valence-corrected chi connectivity index (χ4v) is 7.46. The molecule has 1 unspecified atom stereocenters. The van der Waals surface area contributed by atoms with Crippen LogP contribution in [0.25, 0.3) is 0 Å². The van der Waals surface area contributed by atoms with Crippen LogP contribution in [-0.4, -0.2) is 37.2 Å². The molecular weight excluding hydrogens is 805 g/mol. The molecule has 0 fully saturated rings. The molecule has 0 N–H and O–H groups in total. The highest BCUT2D eigenvalue weighted by Crippen LogP contribution is 2.15. The summed E-state index contributed by atoms with van der Waals surface area (Å²) in [5, 5.41) is 0. The van der Waals surface area contributed by atoms with Crippen molar-refractivity contribution in [2.75, 3.05) is 13.2 Å². The second kappa shape index (κ2) is 53.2. The lowest BCUT2D eigenvalue weighted by atomic mass is 10.0. The predicted molar refractivity (Wildman–Crippen MR) is 279 cm³/mol. The van der Waals surface area contributed by atoms with Crippen molar-refractivity contribution in [3.8, 4) is 0 Å². The molecule has 0 saturated carbocycles. The number of hydrogen-bond acceptors (Lipinski definition) is 6. The van der Waals surface area contributed by atoms with Gasteiger partial charge in [-0.05, 0) is 57.8 Å². The first-order valence-electron chi connectivity index (χ1n) is 27.2. The topological polar surface area (TPSA) is 78.9 Å². The Bertz CT molecular complexity index is 1270. The minimum absolute atomic E-state index is 0.106. The summed E-state index contributed by atoms with van der Waals surface area (Å²) >= 11 is 0. The number of unbranched alkanes of at least 4 members (excludes halogenated alkanes) is 28. The van der Waals surface area contributed by atoms with Gasteiger partial charge in [-0.25, -0.2) is 0 Å². The van der Waals surface area contributed by atoms with Crippen LogP contribution < -0.4 is 0 Å². The van der Waals surface area contributed by atoms with Crippen LogP contribution in [0.5, 0.6) is 0 Å². The fourth-order valence-electron chi connectivity index (χ4n) is 7.46. The molecule has 0 aromatic carbocycles. The van der Waals surface area contributed by atoms with Crippen molar-refractivity contribution in [3.63, 3.8) is 0 Å². The van der Waals surface area contributed by atoms with Crippen LogP contribution in [0.15, 0.2) is 85.1 Å². The van der Waals surface area contributed by atoms with Gasteiger partial charge < -0.3 is 14.2 Å². The molecule has 0 spiro atoms. The Morgan fingerprint density at radius 3 is 1.02 bits per heavy atom. The van der Waals surface area contributed by atoms with Crippen LogP contribution in [0.3, 0.4) is 0 Å². The average Bonchev–Trinajstić information content (AvgIpc) is 3.30. The molecule has 0 rings (SSSR count). The zero-order valence-corrected chi connectivity index (χ0v) is 42.5. The van der Waals surface area contributed by atoms with Gasteiger partial charge in [-0.15, -0.1) is 0 Å². The van der Waals surface area contributed by atoms with E-state index in [0.717, 1.165) is 70.6 Å². The van der Waals surface area contributed by atoms with Crippen LogP contribution in [0.4, 0.5) is 0 Å². The summed E-state index contributed by atoms with van der Waals surface area (Å²) in [5.41, 5.74) is 0. The summed E-state index contributed by atoms with van der Waals surface area (Å²) in [4.78, 5) is 38.0. The van der Waals surface area contributed by atoms with Crippen LogP contribution in [0.1, 0.15) is 252 Å². The number of rotatable bonds is 48. The molecule has 0 bridgehead atoms. The standard InChI is InChI=1S/C59H100O6/c1-4-7-10-13-16-19-22-25-27-29-30-32-34-37-40-43-46-49-52-58(61)64-55-56(54-63-57(60)51-48-45-42-39-36-33-24-21-18-15-12-9-6-3)65-59(62)53-50-47-44-41-38-35-31-28-26-23-20-17-14-11-8-5-2/h9,12,15,18,21,24,27,29-30,32-33,36,39,42,56H,4-8,10-11,13-14,16-17,19-20,22-23,25-26,28,31,34-35,37-38,40-41,43-55H2,1-3H3/b12-9-,18-15-,24-21-,29-27-,32-30-,36-33-,42-39-. The maximum Gasteiger partial charge on any atom is 0.306 e. The third kappa shape index (κ3) is 51.4. The third-order valence-electron chi connectivity index (χ3n) is 11.5. The van der Waals surface area contributed by atoms with E-state index >= 15 is 0 Å². The molecule has 372 valence electrons. The van der Waals surface area contributed by atoms with Crippen molar-refractivity contribution < 1.29 is 28.6 Å². The molecule has 0 saturated heterocycles. The van der Waals surface area contributed by atoms with E-state index in [4.69, 9.17) is 14.2 Å². The number of carbonyl (C=O) groups excluding carboxylic acids is 3. The van der Waals surface area contributed by atoms with Gasteiger partial charge in [-0.3, -0.25) is 14.4 Å². The summed E-state index contributed by atoms with van der Waals surface area (Å²) in [7, 11) is 0. The number of esters is 3. The molecule has 6 heteroatoms. The van der Waals surface area contributed by atoms with E-state index in [0.29, 0.717) is 19.3 Å². The first kappa shape index (κ1) is 61.6. The van der Waals surface area contributed by atoms with Crippen LogP contribution in [-0.2, 0) is 28.6 Å². The zero-order chi connectivity index (χ0) is 47.2. The third-order valence-corrected chi connectivity index (χ3v) is 11.5. The van der Waals surface area contributed by atoms with Crippen molar-refractivity contribution in [2.24, 2.45) is 0 Å². The second-order valence-corrected chi connectivity index (χ2v) is 17.9. The summed E-state index contributed by atoms with van der Waals surface area (Å²) < 4.78 is 16.7. The molecule has 0 aliphatic heterocycles. The predicted octanol–water partition coefficient (Wildman–Crippen LogP) is 18.0. The molecule has 0 aliphatic rings. The lowest BCUT2D eigenvalue weighted by Gasteiger charge is -2.18. The van der Waals surface area contributed by atoms with Gasteiger partial charge in [0.05, 0.1) is 0 Å². The van der Waals surface area contributed by atoms with Gasteiger partial charge in [0.25, 0.3) is 0 Å². The van der Waals surface area contributed by atoms with E-state index in [1.54, 1.807) is 0 Å². The monoisotopic (exact) mass is 905 g/mol. The van der Waals surface area contributed by atoms with E-state index in [9.17, 15) is 14.4 Å². The number of ether oxygens (including phenoxy) is 3. The number of carbonyl (C=O) groups is 3. The van der Waals surface area contributed by atoms with Gasteiger partial charge in [0, 0.05) is 19.3 Å². The Kier molecular flexibility index (Phi) is 50.4. The van der Waals surface area contributed by atoms with Gasteiger partial charge in [0.1, 0.15) is 13.2 Å². The molecule has 65 heavy (non-hydrogen) atoms. The summed E-state index contributed by atoms with van der Waals surface area (Å²) in [6.07, 6.45) is 68.6. The zero-order valence-electron chi connectivity index (χ0n) is 42.5. The first-order chi connectivity index (χ1) is 32.0. The second-order valence-electron chi connectivity index (χ2n) is 17.9. The molecule has 0 amide bonds. The van der Waals surface area contributed by atoms with Crippen molar-refractivity contribution in [1.29, 1.82) is 0 Å². The number of hydrogen-bond donors (Lipinski definition) is 0. The van der Waals surface area contributed by atoms with Crippen LogP contribution in [0, 0.1) is 0 Å². The Labute approximate surface area is 401 Å². The lowest BCUT2D eigenvalue weighted by Crippen LogP contribution is -2.30. The molecule has 1 atom stereocenters. The molecule has 0 aliphatic carbocycles. The highest BCUT2D eigenvalue weighted by atomic mass is 16.6. The molecular formula is C59H100O6. The van der Waals surface area contributed by atoms with E-state index in [1.165, 1.54) is 135 Å². The minimum Gasteiger partial charge on any atom is -0.462 e. The number of allylic oxidation sites excluding steroid dienone is 14. The highest BCUT2D eigenvalue weighted by molar-refractivity contribution is 5.71. The van der Waals surface area contributed by atoms with E-state index in [1.807, 2.05) is 54.7 Å². The van der Waals surface area contributed by atoms with E-state index in [-0.39, 0.29) is 37.5 Å². The lowest BCUT2D eigenvalue weighted by molar-refractivity contribution is -0.167. The molecule has 6 nitrogen and oxygen atoms in total. The summed E-state index contributed by atoms with van der Waals surface area (Å²) in [6, 6.07) is 0. The first-order valence-corrected chi connectivity index (χ1v) is 27.2. The van der Waals surface area contributed by atoms with E-state index < -0.39 is 6.10 Å². The van der Waals surface area contributed by atoms with Gasteiger partial charge in [-0.1, -0.05) is 260 Å². The molecule has 0 aromatic rings. The van der Waals surface area contributed by atoms with Gasteiger partial charge in [0.2, 0.25) is 0 Å². The van der Waals surface area contributed by atoms with Gasteiger partial charge in [-0.2, -0.15) is 0 Å². The molecule has 0 aromatic heterocycles. The SMILES string of the molecule is CC\C=C/C=C\C=C/C=C\C=C/CCCC(=O)OCC(COC(=O)CCCCCCC/C=C\C=C/CCCCCCCCC)OC(=O)CCCCCCCCCCCCCCCCCC. The van der Waals surface area contributed by atoms with Crippen LogP contribution >= 0.6 is 0 Å². The smallest absolute Gasteiger partial charge is 0.306 e. The quantitative estimate of drug-likeness (QED) is 0.0262. The summed E-state index contributed by atoms with van der Waals surface area (Å²) in [6.45, 7) is 6.42. The Hall–Kier alpha value is -3.41. The van der Waals surface area contributed by atoms with Crippen molar-refractivity contribution >= 4 is 17.9 Å². The Balaban J connectivity index is 4.47. The van der Waals surface area contributed by atoms with E-state index in [2.05, 4.69) is 51.2 Å². The van der Waals surface area contributed by atoms with Crippen LogP contribution in [0.2, 0.25) is 0 Å². The molecule has 0 heterocycles. The summed E-state index contributed by atoms with van der Waals surface area (Å²) in [5.74, 6) is -0.991. The minimum atomic E-state index is -0.810.